The Balaban J connectivity index is 1.79. The maximum atomic E-state index is 14.2. The number of hydrogen-bond acceptors (Lipinski definition) is 8. The SMILES string of the molecule is CCC[C@H](NC(=O)[C@@H]1C[C@@H](OC(=O)N2Cc3cccc(F)c3C2)CN1C(=O)N[C@H](CN(C)S(C)(=O)=O)C(C)(C)C)B(O)O. The highest BCUT2D eigenvalue weighted by Crippen LogP contribution is 2.28. The summed E-state index contributed by atoms with van der Waals surface area (Å²) >= 11 is 0. The van der Waals surface area contributed by atoms with Crippen molar-refractivity contribution < 1.29 is 42.0 Å². The van der Waals surface area contributed by atoms with Crippen molar-refractivity contribution in [2.75, 3.05) is 26.4 Å². The number of nitrogens with one attached hydrogen (secondary N) is 2. The minimum absolute atomic E-state index is 0.0237. The van der Waals surface area contributed by atoms with Crippen LogP contribution in [-0.4, -0.2) is 108 Å². The number of carbonyl (C=O) groups excluding carboxylic acids is 3. The lowest BCUT2D eigenvalue weighted by molar-refractivity contribution is -0.125. The van der Waals surface area contributed by atoms with Gasteiger partial charge in [-0.15, -0.1) is 0 Å². The Labute approximate surface area is 252 Å². The Morgan fingerprint density at radius 1 is 1.21 bits per heavy atom. The van der Waals surface area contributed by atoms with Crippen molar-refractivity contribution in [3.05, 3.63) is 35.1 Å². The van der Waals surface area contributed by atoms with Crippen LogP contribution < -0.4 is 10.6 Å². The van der Waals surface area contributed by atoms with E-state index in [1.54, 1.807) is 12.1 Å². The van der Waals surface area contributed by atoms with E-state index in [0.717, 1.165) is 10.6 Å². The fraction of sp³-hybridized carbons (Fsp3) is 0.667. The number of carbonyl (C=O) groups is 3. The molecule has 2 heterocycles. The third-order valence-electron chi connectivity index (χ3n) is 7.91. The predicted octanol–water partition coefficient (Wildman–Crippen LogP) is 1.03. The van der Waals surface area contributed by atoms with Crippen LogP contribution in [0.3, 0.4) is 0 Å². The zero-order chi connectivity index (χ0) is 32.3. The summed E-state index contributed by atoms with van der Waals surface area (Å²) in [5, 5.41) is 24.9. The summed E-state index contributed by atoms with van der Waals surface area (Å²) < 4.78 is 45.2. The highest BCUT2D eigenvalue weighted by Gasteiger charge is 2.44. The highest BCUT2D eigenvalue weighted by atomic mass is 32.2. The number of fused-ring (bicyclic) bond motifs is 1. The second kappa shape index (κ2) is 13.8. The van der Waals surface area contributed by atoms with Crippen molar-refractivity contribution in [2.45, 2.75) is 84.2 Å². The maximum absolute atomic E-state index is 14.2. The topological polar surface area (TPSA) is 169 Å². The predicted molar refractivity (Wildman–Crippen MR) is 157 cm³/mol. The average molecular weight is 628 g/mol. The lowest BCUT2D eigenvalue weighted by Gasteiger charge is -2.36. The van der Waals surface area contributed by atoms with Crippen LogP contribution in [0.4, 0.5) is 14.0 Å². The van der Waals surface area contributed by atoms with E-state index >= 15 is 0 Å². The molecule has 16 heteroatoms. The van der Waals surface area contributed by atoms with Gasteiger partial charge >= 0.3 is 19.2 Å². The summed E-state index contributed by atoms with van der Waals surface area (Å²) in [6.45, 7) is 7.32. The molecule has 0 aliphatic carbocycles. The summed E-state index contributed by atoms with van der Waals surface area (Å²) in [6.07, 6.45) is 0.208. The fourth-order valence-corrected chi connectivity index (χ4v) is 5.55. The van der Waals surface area contributed by atoms with Crippen molar-refractivity contribution in [2.24, 2.45) is 5.41 Å². The monoisotopic (exact) mass is 627 g/mol. The number of urea groups is 1. The minimum atomic E-state index is -3.55. The molecule has 0 saturated carbocycles. The second-order valence-electron chi connectivity index (χ2n) is 12.4. The number of hydrogen-bond donors (Lipinski definition) is 4. The first kappa shape index (κ1) is 34.5. The van der Waals surface area contributed by atoms with Gasteiger partial charge in [0, 0.05) is 38.2 Å². The van der Waals surface area contributed by atoms with Gasteiger partial charge in [0.25, 0.3) is 0 Å². The number of ether oxygens (including phenoxy) is 1. The molecule has 2 aliphatic heterocycles. The van der Waals surface area contributed by atoms with E-state index in [4.69, 9.17) is 4.74 Å². The molecule has 1 saturated heterocycles. The van der Waals surface area contributed by atoms with Crippen LogP contribution in [0, 0.1) is 11.2 Å². The van der Waals surface area contributed by atoms with Gasteiger partial charge in [-0.1, -0.05) is 46.2 Å². The smallest absolute Gasteiger partial charge is 0.444 e. The molecule has 0 unspecified atom stereocenters. The third-order valence-corrected chi connectivity index (χ3v) is 9.20. The number of amides is 4. The van der Waals surface area contributed by atoms with Crippen LogP contribution in [-0.2, 0) is 32.6 Å². The van der Waals surface area contributed by atoms with Crippen LogP contribution in [0.15, 0.2) is 18.2 Å². The first-order valence-electron chi connectivity index (χ1n) is 14.3. The summed E-state index contributed by atoms with van der Waals surface area (Å²) in [4.78, 5) is 42.6. The Morgan fingerprint density at radius 2 is 1.88 bits per heavy atom. The fourth-order valence-electron chi connectivity index (χ4n) is 5.13. The molecule has 3 rings (SSSR count). The molecular formula is C27H43BFN5O8S. The summed E-state index contributed by atoms with van der Waals surface area (Å²) in [7, 11) is -3.97. The number of likely N-dealkylation sites (N-methyl/N-ethyl adjacent to an activating group) is 1. The zero-order valence-electron chi connectivity index (χ0n) is 25.5. The van der Waals surface area contributed by atoms with Gasteiger partial charge in [-0.05, 0) is 23.5 Å². The van der Waals surface area contributed by atoms with E-state index in [1.165, 1.54) is 22.9 Å². The Bertz CT molecular complexity index is 1290. The molecule has 0 bridgehead atoms. The van der Waals surface area contributed by atoms with Crippen LogP contribution in [0.25, 0.3) is 0 Å². The molecular weight excluding hydrogens is 584 g/mol. The van der Waals surface area contributed by atoms with Gasteiger partial charge in [0.05, 0.1) is 25.3 Å². The highest BCUT2D eigenvalue weighted by molar-refractivity contribution is 7.88. The molecule has 43 heavy (non-hydrogen) atoms. The molecule has 0 spiro atoms. The summed E-state index contributed by atoms with van der Waals surface area (Å²) in [6, 6.07) is 2.15. The number of likely N-dealkylation sites (tertiary alicyclic amines) is 1. The summed E-state index contributed by atoms with van der Waals surface area (Å²) in [5.74, 6) is -2.06. The first-order chi connectivity index (χ1) is 19.9. The molecule has 13 nitrogen and oxygen atoms in total. The van der Waals surface area contributed by atoms with Crippen molar-refractivity contribution in [1.29, 1.82) is 0 Å². The van der Waals surface area contributed by atoms with Crippen molar-refractivity contribution in [1.82, 2.24) is 24.7 Å². The Kier molecular flexibility index (Phi) is 11.1. The average Bonchev–Trinajstić information content (AvgIpc) is 3.52. The number of benzene rings is 1. The van der Waals surface area contributed by atoms with Gasteiger partial charge in [-0.3, -0.25) is 9.69 Å². The normalized spacial score (nSPS) is 20.0. The quantitative estimate of drug-likeness (QED) is 0.279. The van der Waals surface area contributed by atoms with Crippen LogP contribution >= 0.6 is 0 Å². The second-order valence-corrected chi connectivity index (χ2v) is 14.5. The standard InChI is InChI=1S/C27H43BFN5O8S/c1-7-9-23(28(38)39)31-24(35)21-12-18(42-26(37)33-13-17-10-8-11-20(29)19(17)15-33)14-34(21)25(36)30-22(27(2,3)4)16-32(5)43(6,40)41/h8,10-11,18,21-23,38-39H,7,9,12-16H2,1-6H3,(H,30,36)(H,31,35)/t18-,21+,22-,23+/m1/s1. The molecule has 1 aromatic rings. The van der Waals surface area contributed by atoms with E-state index < -0.39 is 70.5 Å². The molecule has 0 radical (unpaired) electrons. The largest absolute Gasteiger partial charge is 0.475 e. The molecule has 4 amide bonds. The van der Waals surface area contributed by atoms with Crippen LogP contribution in [0.2, 0.25) is 0 Å². The van der Waals surface area contributed by atoms with Crippen molar-refractivity contribution in [3.8, 4) is 0 Å². The lowest BCUT2D eigenvalue weighted by atomic mass is 9.76. The molecule has 240 valence electrons. The zero-order valence-corrected chi connectivity index (χ0v) is 26.4. The van der Waals surface area contributed by atoms with Gasteiger partial charge in [0.15, 0.2) is 0 Å². The minimum Gasteiger partial charge on any atom is -0.444 e. The molecule has 2 aliphatic rings. The molecule has 1 fully saturated rings. The summed E-state index contributed by atoms with van der Waals surface area (Å²) in [5.41, 5.74) is 0.491. The van der Waals surface area contributed by atoms with Gasteiger partial charge in [0.1, 0.15) is 18.0 Å². The van der Waals surface area contributed by atoms with E-state index in [1.807, 2.05) is 27.7 Å². The van der Waals surface area contributed by atoms with Gasteiger partial charge in [-0.25, -0.2) is 26.7 Å². The maximum Gasteiger partial charge on any atom is 0.475 e. The number of nitrogens with zero attached hydrogens (tertiary/aromatic N) is 3. The molecule has 0 aromatic heterocycles. The van der Waals surface area contributed by atoms with Crippen LogP contribution in [0.1, 0.15) is 58.1 Å². The number of rotatable bonds is 10. The van der Waals surface area contributed by atoms with Crippen molar-refractivity contribution in [3.63, 3.8) is 0 Å². The van der Waals surface area contributed by atoms with E-state index in [9.17, 15) is 37.2 Å². The molecule has 4 N–H and O–H groups in total. The van der Waals surface area contributed by atoms with E-state index in [2.05, 4.69) is 10.6 Å². The third kappa shape index (κ3) is 8.80. The molecule has 1 aromatic carbocycles. The lowest BCUT2D eigenvalue weighted by Crippen LogP contribution is -2.58. The van der Waals surface area contributed by atoms with Gasteiger partial charge < -0.3 is 30.3 Å². The van der Waals surface area contributed by atoms with Gasteiger partial charge in [0.2, 0.25) is 15.9 Å². The van der Waals surface area contributed by atoms with Crippen LogP contribution in [0.5, 0.6) is 0 Å². The Hall–Kier alpha value is -2.95. The number of sulfonamides is 1. The Morgan fingerprint density at radius 3 is 2.44 bits per heavy atom. The van der Waals surface area contributed by atoms with E-state index in [-0.39, 0.29) is 39.0 Å². The van der Waals surface area contributed by atoms with Crippen molar-refractivity contribution >= 4 is 35.2 Å². The van der Waals surface area contributed by atoms with Gasteiger partial charge in [-0.2, -0.15) is 0 Å². The first-order valence-corrected chi connectivity index (χ1v) is 16.1. The molecule has 4 atom stereocenters. The number of halogens is 1. The van der Waals surface area contributed by atoms with E-state index in [0.29, 0.717) is 17.5 Å².